The number of H-pyrrole nitrogens is 1. The van der Waals surface area contributed by atoms with Crippen LogP contribution in [-0.4, -0.2) is 19.9 Å². The van der Waals surface area contributed by atoms with Crippen molar-refractivity contribution in [3.05, 3.63) is 36.2 Å². The molecule has 0 bridgehead atoms. The first-order valence-electron chi connectivity index (χ1n) is 6.39. The highest BCUT2D eigenvalue weighted by atomic mass is 32.2. The van der Waals surface area contributed by atoms with Gasteiger partial charge in [0.2, 0.25) is 0 Å². The second-order valence-electron chi connectivity index (χ2n) is 4.81. The zero-order chi connectivity index (χ0) is 14.1. The minimum Gasteiger partial charge on any atom is -0.384 e. The molecule has 0 aliphatic rings. The molecule has 0 aliphatic carbocycles. The summed E-state index contributed by atoms with van der Waals surface area (Å²) in [5.41, 5.74) is 7.79. The van der Waals surface area contributed by atoms with Crippen LogP contribution < -0.4 is 5.73 Å². The number of benzene rings is 1. The van der Waals surface area contributed by atoms with Gasteiger partial charge >= 0.3 is 0 Å². The van der Waals surface area contributed by atoms with Crippen molar-refractivity contribution in [3.8, 4) is 0 Å². The summed E-state index contributed by atoms with van der Waals surface area (Å²) < 4.78 is 0. The predicted octanol–water partition coefficient (Wildman–Crippen LogP) is 3.21. The lowest BCUT2D eigenvalue weighted by molar-refractivity contribution is 0.756. The van der Waals surface area contributed by atoms with Gasteiger partial charge in [-0.2, -0.15) is 0 Å². The van der Waals surface area contributed by atoms with E-state index in [1.807, 2.05) is 38.1 Å². The number of para-hydroxylation sites is 2. The van der Waals surface area contributed by atoms with Gasteiger partial charge in [0.1, 0.15) is 16.7 Å². The number of nitrogen functional groups attached to an aromatic ring is 1. The molecule has 0 atom stereocenters. The van der Waals surface area contributed by atoms with E-state index < -0.39 is 0 Å². The van der Waals surface area contributed by atoms with E-state index in [-0.39, 0.29) is 5.92 Å². The van der Waals surface area contributed by atoms with Crippen molar-refractivity contribution in [2.45, 2.75) is 29.9 Å². The first-order chi connectivity index (χ1) is 9.61. The number of anilines is 1. The Morgan fingerprint density at radius 3 is 2.70 bits per heavy atom. The molecule has 2 heterocycles. The normalized spacial score (nSPS) is 11.3. The van der Waals surface area contributed by atoms with Crippen molar-refractivity contribution in [2.75, 3.05) is 5.73 Å². The second-order valence-corrected chi connectivity index (χ2v) is 5.81. The Balaban J connectivity index is 1.94. The quantitative estimate of drug-likeness (QED) is 0.722. The molecule has 3 aromatic rings. The van der Waals surface area contributed by atoms with Crippen LogP contribution >= 0.6 is 11.8 Å². The summed E-state index contributed by atoms with van der Waals surface area (Å²) in [6.45, 7) is 4.09. The van der Waals surface area contributed by atoms with E-state index in [1.54, 1.807) is 6.07 Å². The number of nitrogens with zero attached hydrogens (tertiary/aromatic N) is 3. The van der Waals surface area contributed by atoms with Gasteiger partial charge in [-0.15, -0.1) is 0 Å². The number of nitrogens with two attached hydrogens (primary N) is 1. The molecule has 0 spiro atoms. The van der Waals surface area contributed by atoms with Gasteiger partial charge in [0.25, 0.3) is 0 Å². The summed E-state index contributed by atoms with van der Waals surface area (Å²) >= 11 is 1.46. The van der Waals surface area contributed by atoms with Crippen LogP contribution in [0.4, 0.5) is 5.82 Å². The standard InChI is InChI=1S/C14H15N5S/c1-8(2)13-18-11(15)7-12(19-13)20-14-16-9-5-3-4-6-10(9)17-14/h3-8H,1-2H3,(H,16,17)(H2,15,18,19). The number of aromatic amines is 1. The fraction of sp³-hybridized carbons (Fsp3) is 0.214. The average molecular weight is 285 g/mol. The molecule has 0 fully saturated rings. The van der Waals surface area contributed by atoms with Gasteiger partial charge in [0, 0.05) is 12.0 Å². The first kappa shape index (κ1) is 12.9. The lowest BCUT2D eigenvalue weighted by Crippen LogP contribution is -2.02. The Morgan fingerprint density at radius 1 is 1.15 bits per heavy atom. The molecule has 0 unspecified atom stereocenters. The molecule has 1 aromatic carbocycles. The summed E-state index contributed by atoms with van der Waals surface area (Å²) in [7, 11) is 0. The van der Waals surface area contributed by atoms with Gasteiger partial charge < -0.3 is 10.7 Å². The largest absolute Gasteiger partial charge is 0.384 e. The van der Waals surface area contributed by atoms with Crippen LogP contribution in [0.1, 0.15) is 25.6 Å². The van der Waals surface area contributed by atoms with Crippen molar-refractivity contribution >= 4 is 28.6 Å². The maximum atomic E-state index is 5.83. The molecule has 0 amide bonds. The molecule has 0 radical (unpaired) electrons. The molecule has 0 aliphatic heterocycles. The number of fused-ring (bicyclic) bond motifs is 1. The molecular weight excluding hydrogens is 270 g/mol. The summed E-state index contributed by atoms with van der Waals surface area (Å²) in [5, 5.41) is 1.61. The molecular formula is C14H15N5S. The van der Waals surface area contributed by atoms with Crippen LogP contribution in [0.2, 0.25) is 0 Å². The molecule has 2 aromatic heterocycles. The zero-order valence-electron chi connectivity index (χ0n) is 11.3. The number of imidazole rings is 1. The maximum absolute atomic E-state index is 5.83. The molecule has 6 heteroatoms. The van der Waals surface area contributed by atoms with Gasteiger partial charge in [-0.25, -0.2) is 15.0 Å². The van der Waals surface area contributed by atoms with Gasteiger partial charge in [-0.05, 0) is 23.9 Å². The van der Waals surface area contributed by atoms with E-state index >= 15 is 0 Å². The lowest BCUT2D eigenvalue weighted by atomic mass is 10.2. The highest BCUT2D eigenvalue weighted by Crippen LogP contribution is 2.27. The van der Waals surface area contributed by atoms with E-state index in [0.717, 1.165) is 27.0 Å². The summed E-state index contributed by atoms with van der Waals surface area (Å²) in [5.74, 6) is 1.49. The number of nitrogens with one attached hydrogen (secondary N) is 1. The monoisotopic (exact) mass is 285 g/mol. The lowest BCUT2D eigenvalue weighted by Gasteiger charge is -2.06. The highest BCUT2D eigenvalue weighted by Gasteiger charge is 2.10. The fourth-order valence-electron chi connectivity index (χ4n) is 1.85. The Labute approximate surface area is 121 Å². The predicted molar refractivity (Wildman–Crippen MR) is 80.8 cm³/mol. The SMILES string of the molecule is CC(C)c1nc(N)cc(Sc2nc3ccccc3[nH]2)n1. The topological polar surface area (TPSA) is 80.5 Å². The van der Waals surface area contributed by atoms with Crippen molar-refractivity contribution < 1.29 is 0 Å². The summed E-state index contributed by atoms with van der Waals surface area (Å²) in [6, 6.07) is 9.69. The maximum Gasteiger partial charge on any atom is 0.172 e. The molecule has 3 rings (SSSR count). The van der Waals surface area contributed by atoms with Crippen LogP contribution in [0, 0.1) is 0 Å². The molecule has 0 saturated carbocycles. The minimum absolute atomic E-state index is 0.244. The van der Waals surface area contributed by atoms with E-state index in [2.05, 4.69) is 19.9 Å². The minimum atomic E-state index is 0.244. The molecule has 5 nitrogen and oxygen atoms in total. The van der Waals surface area contributed by atoms with Gasteiger partial charge in [0.15, 0.2) is 5.16 Å². The van der Waals surface area contributed by atoms with Gasteiger partial charge in [-0.1, -0.05) is 26.0 Å². The van der Waals surface area contributed by atoms with Gasteiger partial charge in [0.05, 0.1) is 11.0 Å². The van der Waals surface area contributed by atoms with Crippen LogP contribution in [0.15, 0.2) is 40.5 Å². The fourth-order valence-corrected chi connectivity index (χ4v) is 2.67. The number of rotatable bonds is 3. The highest BCUT2D eigenvalue weighted by molar-refractivity contribution is 7.99. The third-order valence-electron chi connectivity index (χ3n) is 2.83. The molecule has 3 N–H and O–H groups in total. The van der Waals surface area contributed by atoms with Crippen LogP contribution in [0.3, 0.4) is 0 Å². The number of aromatic nitrogens is 4. The average Bonchev–Trinajstić information content (AvgIpc) is 2.79. The smallest absolute Gasteiger partial charge is 0.172 e. The Hall–Kier alpha value is -2.08. The van der Waals surface area contributed by atoms with E-state index in [0.29, 0.717) is 5.82 Å². The van der Waals surface area contributed by atoms with Crippen molar-refractivity contribution in [1.29, 1.82) is 0 Å². The molecule has 20 heavy (non-hydrogen) atoms. The van der Waals surface area contributed by atoms with Crippen LogP contribution in [-0.2, 0) is 0 Å². The number of hydrogen-bond donors (Lipinski definition) is 2. The third-order valence-corrected chi connectivity index (χ3v) is 3.63. The summed E-state index contributed by atoms with van der Waals surface area (Å²) in [6.07, 6.45) is 0. The number of hydrogen-bond acceptors (Lipinski definition) is 5. The molecule has 0 saturated heterocycles. The van der Waals surface area contributed by atoms with Gasteiger partial charge in [-0.3, -0.25) is 0 Å². The van der Waals surface area contributed by atoms with Crippen LogP contribution in [0.25, 0.3) is 11.0 Å². The molecule has 102 valence electrons. The first-order valence-corrected chi connectivity index (χ1v) is 7.20. The third kappa shape index (κ3) is 2.60. The zero-order valence-corrected chi connectivity index (χ0v) is 12.1. The summed E-state index contributed by atoms with van der Waals surface area (Å²) in [4.78, 5) is 16.5. The van der Waals surface area contributed by atoms with E-state index in [1.165, 1.54) is 11.8 Å². The Bertz CT molecular complexity index is 717. The Kier molecular flexibility index (Phi) is 3.31. The van der Waals surface area contributed by atoms with Crippen LogP contribution in [0.5, 0.6) is 0 Å². The van der Waals surface area contributed by atoms with E-state index in [4.69, 9.17) is 5.73 Å². The van der Waals surface area contributed by atoms with Crippen molar-refractivity contribution in [2.24, 2.45) is 0 Å². The Morgan fingerprint density at radius 2 is 1.95 bits per heavy atom. The van der Waals surface area contributed by atoms with E-state index in [9.17, 15) is 0 Å². The van der Waals surface area contributed by atoms with Crippen molar-refractivity contribution in [1.82, 2.24) is 19.9 Å². The second kappa shape index (κ2) is 5.13. The van der Waals surface area contributed by atoms with Crippen molar-refractivity contribution in [3.63, 3.8) is 0 Å².